The van der Waals surface area contributed by atoms with E-state index in [0.717, 1.165) is 5.69 Å². The highest BCUT2D eigenvalue weighted by Gasteiger charge is 2.08. The van der Waals surface area contributed by atoms with Crippen LogP contribution in [0.15, 0.2) is 72.1 Å². The van der Waals surface area contributed by atoms with Gasteiger partial charge in [0.1, 0.15) is 0 Å². The van der Waals surface area contributed by atoms with Crippen LogP contribution in [-0.2, 0) is 0 Å². The Kier molecular flexibility index (Phi) is 4.61. The number of benzene rings is 2. The summed E-state index contributed by atoms with van der Waals surface area (Å²) in [4.78, 5) is 22.0. The second-order valence-corrected chi connectivity index (χ2v) is 5.06. The van der Waals surface area contributed by atoms with Gasteiger partial charge in [-0.1, -0.05) is 18.2 Å². The fourth-order valence-electron chi connectivity index (χ4n) is 2.09. The number of hydrogen-bond acceptors (Lipinski definition) is 5. The molecule has 0 radical (unpaired) electrons. The molecule has 0 spiro atoms. The molecule has 3 rings (SSSR count). The van der Waals surface area contributed by atoms with Crippen molar-refractivity contribution in [1.29, 1.82) is 0 Å². The molecule has 0 bridgehead atoms. The van der Waals surface area contributed by atoms with Gasteiger partial charge in [0.25, 0.3) is 11.6 Å². The molecule has 0 fully saturated rings. The molecule has 2 aromatic carbocycles. The number of carbonyl (C=O) groups is 1. The number of hydrazone groups is 1. The molecule has 1 amide bonds. The molecule has 0 aliphatic rings. The van der Waals surface area contributed by atoms with E-state index in [1.807, 2.05) is 30.3 Å². The maximum Gasteiger partial charge on any atom is 0.271 e. The summed E-state index contributed by atoms with van der Waals surface area (Å²) in [6, 6.07) is 14.9. The maximum atomic E-state index is 11.9. The fraction of sp³-hybridized carbons (Fsp3) is 0. The van der Waals surface area contributed by atoms with Crippen LogP contribution in [0.1, 0.15) is 15.9 Å². The summed E-state index contributed by atoms with van der Waals surface area (Å²) >= 11 is 0. The number of carbonyl (C=O) groups excluding carboxylic acids is 1. The van der Waals surface area contributed by atoms with Crippen LogP contribution in [0.5, 0.6) is 0 Å². The largest absolute Gasteiger partial charge is 0.271 e. The van der Waals surface area contributed by atoms with Crippen molar-refractivity contribution in [3.05, 3.63) is 88.2 Å². The maximum absolute atomic E-state index is 11.9. The lowest BCUT2D eigenvalue weighted by molar-refractivity contribution is -0.384. The lowest BCUT2D eigenvalue weighted by atomic mass is 10.2. The van der Waals surface area contributed by atoms with Gasteiger partial charge in [0, 0.05) is 29.5 Å². The SMILES string of the molecule is O=C(N/N=C\c1cnn(-c2ccccc2)c1)c1ccc([N+](=O)[O-])cc1. The number of non-ortho nitro benzene ring substituents is 1. The highest BCUT2D eigenvalue weighted by atomic mass is 16.6. The second-order valence-electron chi connectivity index (χ2n) is 5.06. The molecule has 1 aromatic heterocycles. The molecule has 0 unspecified atom stereocenters. The van der Waals surface area contributed by atoms with Crippen LogP contribution in [-0.4, -0.2) is 26.8 Å². The summed E-state index contributed by atoms with van der Waals surface area (Å²) in [5.74, 6) is -0.457. The highest BCUT2D eigenvalue weighted by Crippen LogP contribution is 2.11. The molecule has 3 aromatic rings. The van der Waals surface area contributed by atoms with E-state index in [9.17, 15) is 14.9 Å². The van der Waals surface area contributed by atoms with Gasteiger partial charge >= 0.3 is 0 Å². The van der Waals surface area contributed by atoms with Gasteiger partial charge in [0.05, 0.1) is 23.0 Å². The van der Waals surface area contributed by atoms with E-state index < -0.39 is 10.8 Å². The lowest BCUT2D eigenvalue weighted by Crippen LogP contribution is -2.17. The van der Waals surface area contributed by atoms with Crippen LogP contribution in [0.2, 0.25) is 0 Å². The van der Waals surface area contributed by atoms with E-state index in [-0.39, 0.29) is 11.3 Å². The van der Waals surface area contributed by atoms with Gasteiger partial charge in [-0.25, -0.2) is 10.1 Å². The molecule has 0 aliphatic carbocycles. The van der Waals surface area contributed by atoms with Crippen LogP contribution in [0.4, 0.5) is 5.69 Å². The predicted octanol–water partition coefficient (Wildman–Crippen LogP) is 2.54. The number of nitrogens with zero attached hydrogens (tertiary/aromatic N) is 4. The molecule has 8 nitrogen and oxygen atoms in total. The second kappa shape index (κ2) is 7.18. The third-order valence-electron chi connectivity index (χ3n) is 3.34. The van der Waals surface area contributed by atoms with Crippen molar-refractivity contribution in [3.8, 4) is 5.69 Å². The van der Waals surface area contributed by atoms with Gasteiger partial charge in [-0.05, 0) is 24.3 Å². The van der Waals surface area contributed by atoms with E-state index in [0.29, 0.717) is 5.56 Å². The van der Waals surface area contributed by atoms with Crippen LogP contribution in [0.25, 0.3) is 5.69 Å². The quantitative estimate of drug-likeness (QED) is 0.439. The van der Waals surface area contributed by atoms with Gasteiger partial charge in [-0.15, -0.1) is 0 Å². The fourth-order valence-corrected chi connectivity index (χ4v) is 2.09. The van der Waals surface area contributed by atoms with Crippen LogP contribution in [0.3, 0.4) is 0 Å². The molecule has 0 aliphatic heterocycles. The summed E-state index contributed by atoms with van der Waals surface area (Å²) < 4.78 is 1.69. The van der Waals surface area contributed by atoms with Crippen LogP contribution in [0, 0.1) is 10.1 Å². The summed E-state index contributed by atoms with van der Waals surface area (Å²) in [5, 5.41) is 18.7. The smallest absolute Gasteiger partial charge is 0.267 e. The summed E-state index contributed by atoms with van der Waals surface area (Å²) in [6.45, 7) is 0. The molecular formula is C17H13N5O3. The van der Waals surface area contributed by atoms with E-state index in [1.165, 1.54) is 30.5 Å². The molecule has 124 valence electrons. The number of nitro benzene ring substituents is 1. The Morgan fingerprint density at radius 1 is 1.16 bits per heavy atom. The first kappa shape index (κ1) is 16.1. The Balaban J connectivity index is 1.62. The zero-order valence-electron chi connectivity index (χ0n) is 12.9. The standard InChI is InChI=1S/C17H13N5O3/c23-17(14-6-8-16(9-7-14)22(24)25)20-18-10-13-11-19-21(12-13)15-4-2-1-3-5-15/h1-12H,(H,20,23)/b18-10-. The number of amides is 1. The molecule has 8 heteroatoms. The summed E-state index contributed by atoms with van der Waals surface area (Å²) in [5.41, 5.74) is 4.20. The summed E-state index contributed by atoms with van der Waals surface area (Å²) in [7, 11) is 0. The first-order valence-corrected chi connectivity index (χ1v) is 7.31. The van der Waals surface area contributed by atoms with Crippen molar-refractivity contribution in [2.75, 3.05) is 0 Å². The Labute approximate surface area is 142 Å². The lowest BCUT2D eigenvalue weighted by Gasteiger charge is -1.99. The topological polar surface area (TPSA) is 102 Å². The van der Waals surface area contributed by atoms with Gasteiger partial charge in [0.2, 0.25) is 0 Å². The summed E-state index contributed by atoms with van der Waals surface area (Å²) in [6.07, 6.45) is 4.86. The Bertz CT molecular complexity index is 917. The van der Waals surface area contributed by atoms with Crippen molar-refractivity contribution >= 4 is 17.8 Å². The van der Waals surface area contributed by atoms with E-state index in [1.54, 1.807) is 17.1 Å². The Morgan fingerprint density at radius 3 is 2.56 bits per heavy atom. The van der Waals surface area contributed by atoms with E-state index >= 15 is 0 Å². The number of nitrogens with one attached hydrogen (secondary N) is 1. The molecule has 25 heavy (non-hydrogen) atoms. The van der Waals surface area contributed by atoms with E-state index in [4.69, 9.17) is 0 Å². The number of para-hydroxylation sites is 1. The molecule has 0 atom stereocenters. The number of rotatable bonds is 5. The minimum absolute atomic E-state index is 0.0756. The monoisotopic (exact) mass is 335 g/mol. The molecule has 0 saturated heterocycles. The van der Waals surface area contributed by atoms with Gasteiger partial charge < -0.3 is 0 Å². The Hall–Kier alpha value is -3.81. The van der Waals surface area contributed by atoms with Gasteiger partial charge in [-0.3, -0.25) is 14.9 Å². The first-order chi connectivity index (χ1) is 12.1. The van der Waals surface area contributed by atoms with Crippen LogP contribution >= 0.6 is 0 Å². The number of aromatic nitrogens is 2. The zero-order valence-corrected chi connectivity index (χ0v) is 12.9. The molecule has 0 saturated carbocycles. The van der Waals surface area contributed by atoms with Crippen molar-refractivity contribution in [2.24, 2.45) is 5.10 Å². The van der Waals surface area contributed by atoms with Crippen molar-refractivity contribution in [3.63, 3.8) is 0 Å². The van der Waals surface area contributed by atoms with Crippen molar-refractivity contribution < 1.29 is 9.72 Å². The van der Waals surface area contributed by atoms with Gasteiger partial charge in [-0.2, -0.15) is 10.2 Å². The average Bonchev–Trinajstić information content (AvgIpc) is 3.11. The third-order valence-corrected chi connectivity index (χ3v) is 3.34. The van der Waals surface area contributed by atoms with Crippen molar-refractivity contribution in [2.45, 2.75) is 0 Å². The molecule has 1 N–H and O–H groups in total. The Morgan fingerprint density at radius 2 is 1.88 bits per heavy atom. The van der Waals surface area contributed by atoms with Crippen molar-refractivity contribution in [1.82, 2.24) is 15.2 Å². The number of nitro groups is 1. The molecular weight excluding hydrogens is 322 g/mol. The third kappa shape index (κ3) is 3.94. The average molecular weight is 335 g/mol. The van der Waals surface area contributed by atoms with Gasteiger partial charge in [0.15, 0.2) is 0 Å². The first-order valence-electron chi connectivity index (χ1n) is 7.31. The number of hydrogen-bond donors (Lipinski definition) is 1. The van der Waals surface area contributed by atoms with Crippen LogP contribution < -0.4 is 5.43 Å². The normalized spacial score (nSPS) is 10.7. The minimum Gasteiger partial charge on any atom is -0.267 e. The highest BCUT2D eigenvalue weighted by molar-refractivity contribution is 5.95. The van der Waals surface area contributed by atoms with E-state index in [2.05, 4.69) is 15.6 Å². The predicted molar refractivity (Wildman–Crippen MR) is 91.7 cm³/mol. The minimum atomic E-state index is -0.524. The zero-order chi connectivity index (χ0) is 17.6. The molecule has 1 heterocycles.